The lowest BCUT2D eigenvalue weighted by atomic mass is 10.1. The first-order chi connectivity index (χ1) is 28.7. The minimum Gasteiger partial charge on any atom is -0.309 e. The van der Waals surface area contributed by atoms with E-state index in [1.54, 1.807) is 22.7 Å². The average molecular weight is 781 g/mol. The maximum atomic E-state index is 5.31. The molecule has 0 atom stereocenters. The molecule has 0 radical (unpaired) electrons. The van der Waals surface area contributed by atoms with Gasteiger partial charge in [-0.1, -0.05) is 115 Å². The predicted molar refractivity (Wildman–Crippen MR) is 247 cm³/mol. The molecule has 0 N–H and O–H groups in total. The summed E-state index contributed by atoms with van der Waals surface area (Å²) in [6.45, 7) is 4.27. The van der Waals surface area contributed by atoms with Gasteiger partial charge < -0.3 is 4.57 Å². The van der Waals surface area contributed by atoms with E-state index in [9.17, 15) is 0 Å². The summed E-state index contributed by atoms with van der Waals surface area (Å²) in [5.74, 6) is 1.75. The van der Waals surface area contributed by atoms with Gasteiger partial charge >= 0.3 is 0 Å². The van der Waals surface area contributed by atoms with E-state index in [0.717, 1.165) is 69.5 Å². The molecule has 11 aromatic rings. The molecule has 0 aliphatic heterocycles. The van der Waals surface area contributed by atoms with Crippen molar-refractivity contribution in [1.82, 2.24) is 14.5 Å². The van der Waals surface area contributed by atoms with E-state index in [4.69, 9.17) is 20.0 Å². The molecule has 0 aliphatic rings. The number of nitrogens with zero attached hydrogens (tertiary/aromatic N) is 6. The zero-order chi connectivity index (χ0) is 38.6. The Morgan fingerprint density at radius 2 is 1.21 bits per heavy atom. The standard InChI is InChI=1S/C50H32N6S2/c1-51-50(38-23-14-22-36-35-20-9-12-25-43(35)57-46(36)38)55-48(31-15-4-2-5-16-31)52-30-40-47-45(37-21-10-13-26-44(37)58-47)54-49(53-40)32-27-28-42-39(29-32)34-19-8-11-24-41(34)56(42)33-17-6-3-7-18-33/h2-29H,1,30H2. The van der Waals surface area contributed by atoms with Crippen molar-refractivity contribution >= 4 is 103 Å². The molecule has 0 amide bonds. The number of aliphatic imine (C=N–C) groups is 3. The summed E-state index contributed by atoms with van der Waals surface area (Å²) in [5.41, 5.74) is 7.94. The maximum Gasteiger partial charge on any atom is 0.162 e. The molecule has 11 rings (SSSR count). The molecule has 0 fully saturated rings. The van der Waals surface area contributed by atoms with Crippen LogP contribution in [-0.2, 0) is 6.54 Å². The first-order valence-corrected chi connectivity index (χ1v) is 20.7. The first-order valence-electron chi connectivity index (χ1n) is 19.0. The largest absolute Gasteiger partial charge is 0.309 e. The Morgan fingerprint density at radius 3 is 2.02 bits per heavy atom. The smallest absolute Gasteiger partial charge is 0.162 e. The van der Waals surface area contributed by atoms with Gasteiger partial charge in [-0.3, -0.25) is 4.99 Å². The molecule has 58 heavy (non-hydrogen) atoms. The number of para-hydroxylation sites is 2. The number of rotatable bonds is 6. The zero-order valence-electron chi connectivity index (χ0n) is 31.1. The Kier molecular flexibility index (Phi) is 8.31. The lowest BCUT2D eigenvalue weighted by molar-refractivity contribution is 0.995. The normalized spacial score (nSPS) is 12.5. The van der Waals surface area contributed by atoms with Crippen LogP contribution in [0.2, 0.25) is 0 Å². The van der Waals surface area contributed by atoms with Crippen LogP contribution in [-0.4, -0.2) is 32.9 Å². The summed E-state index contributed by atoms with van der Waals surface area (Å²) in [6.07, 6.45) is 0. The molecule has 6 nitrogen and oxygen atoms in total. The minimum atomic E-state index is 0.291. The van der Waals surface area contributed by atoms with Crippen molar-refractivity contribution in [3.05, 3.63) is 187 Å². The van der Waals surface area contributed by atoms with Gasteiger partial charge in [0, 0.05) is 63.4 Å². The highest BCUT2D eigenvalue weighted by Gasteiger charge is 2.19. The Morgan fingerprint density at radius 1 is 0.552 bits per heavy atom. The van der Waals surface area contributed by atoms with Crippen LogP contribution in [0.25, 0.3) is 79.4 Å². The van der Waals surface area contributed by atoms with Gasteiger partial charge in [0.25, 0.3) is 0 Å². The number of benzene rings is 7. The van der Waals surface area contributed by atoms with Crippen molar-refractivity contribution < 1.29 is 0 Å². The van der Waals surface area contributed by atoms with Crippen molar-refractivity contribution in [3.63, 3.8) is 0 Å². The molecule has 0 unspecified atom stereocenters. The van der Waals surface area contributed by atoms with Gasteiger partial charge in [-0.2, -0.15) is 0 Å². The fraction of sp³-hybridized carbons (Fsp3) is 0.0200. The van der Waals surface area contributed by atoms with Gasteiger partial charge in [-0.15, -0.1) is 22.7 Å². The summed E-state index contributed by atoms with van der Waals surface area (Å²) < 4.78 is 6.84. The molecule has 0 spiro atoms. The highest BCUT2D eigenvalue weighted by molar-refractivity contribution is 7.26. The molecule has 7 aromatic carbocycles. The number of hydrogen-bond donors (Lipinski definition) is 0. The van der Waals surface area contributed by atoms with Crippen LogP contribution in [0.4, 0.5) is 0 Å². The SMILES string of the molecule is C=NC(=NC(=NCc1nc(-c2ccc3c(c2)c2ccccc2n3-c2ccccc2)nc2c1sc1ccccc12)c1ccccc1)c1cccc2c1sc1ccccc12. The van der Waals surface area contributed by atoms with Crippen LogP contribution < -0.4 is 0 Å². The van der Waals surface area contributed by atoms with Gasteiger partial charge in [0.2, 0.25) is 0 Å². The van der Waals surface area contributed by atoms with Crippen LogP contribution in [0.1, 0.15) is 16.8 Å². The molecular weight excluding hydrogens is 749 g/mol. The molecule has 4 heterocycles. The predicted octanol–water partition coefficient (Wildman–Crippen LogP) is 13.1. The quantitative estimate of drug-likeness (QED) is 0.125. The number of fused-ring (bicyclic) bond motifs is 9. The lowest BCUT2D eigenvalue weighted by Crippen LogP contribution is -2.06. The van der Waals surface area contributed by atoms with Crippen molar-refractivity contribution in [2.45, 2.75) is 6.54 Å². The van der Waals surface area contributed by atoms with Gasteiger partial charge in [-0.25, -0.2) is 20.0 Å². The molecule has 0 saturated carbocycles. The van der Waals surface area contributed by atoms with Crippen molar-refractivity contribution in [3.8, 4) is 17.1 Å². The average Bonchev–Trinajstić information content (AvgIpc) is 3.97. The van der Waals surface area contributed by atoms with Gasteiger partial charge in [0.1, 0.15) is 0 Å². The van der Waals surface area contributed by atoms with E-state index >= 15 is 0 Å². The Labute approximate surface area is 341 Å². The summed E-state index contributed by atoms with van der Waals surface area (Å²) in [4.78, 5) is 25.5. The highest BCUT2D eigenvalue weighted by Crippen LogP contribution is 2.39. The van der Waals surface area contributed by atoms with Crippen LogP contribution in [0.3, 0.4) is 0 Å². The second-order valence-corrected chi connectivity index (χ2v) is 16.2. The van der Waals surface area contributed by atoms with Crippen molar-refractivity contribution in [2.24, 2.45) is 15.0 Å². The van der Waals surface area contributed by atoms with E-state index < -0.39 is 0 Å². The molecule has 8 heteroatoms. The van der Waals surface area contributed by atoms with E-state index in [1.165, 1.54) is 20.9 Å². The topological polar surface area (TPSA) is 67.8 Å². The van der Waals surface area contributed by atoms with Crippen molar-refractivity contribution in [2.75, 3.05) is 0 Å². The molecule has 0 bridgehead atoms. The van der Waals surface area contributed by atoms with E-state index in [2.05, 4.69) is 156 Å². The van der Waals surface area contributed by atoms with Gasteiger partial charge in [0.05, 0.1) is 33.5 Å². The number of amidine groups is 2. The third kappa shape index (κ3) is 5.72. The maximum absolute atomic E-state index is 5.31. The summed E-state index contributed by atoms with van der Waals surface area (Å²) in [6, 6.07) is 58.9. The van der Waals surface area contributed by atoms with Crippen LogP contribution in [0.15, 0.2) is 185 Å². The van der Waals surface area contributed by atoms with Crippen LogP contribution in [0, 0.1) is 0 Å². The Balaban J connectivity index is 1.07. The molecule has 4 aromatic heterocycles. The van der Waals surface area contributed by atoms with E-state index in [0.29, 0.717) is 24.0 Å². The molecule has 0 saturated heterocycles. The fourth-order valence-corrected chi connectivity index (χ4v) is 10.3. The Bertz CT molecular complexity index is 3450. The monoisotopic (exact) mass is 780 g/mol. The van der Waals surface area contributed by atoms with E-state index in [1.807, 2.05) is 30.3 Å². The Hall–Kier alpha value is -7.13. The molecule has 274 valence electrons. The number of aromatic nitrogens is 3. The third-order valence-corrected chi connectivity index (χ3v) is 13.1. The van der Waals surface area contributed by atoms with Gasteiger partial charge in [0.15, 0.2) is 17.5 Å². The second-order valence-electron chi connectivity index (χ2n) is 14.1. The lowest BCUT2D eigenvalue weighted by Gasteiger charge is -2.09. The summed E-state index contributed by atoms with van der Waals surface area (Å²) in [7, 11) is 0. The number of hydrogen-bond acceptors (Lipinski definition) is 5. The van der Waals surface area contributed by atoms with Gasteiger partial charge in [-0.05, 0) is 61.3 Å². The first kappa shape index (κ1) is 34.1. The number of thiophene rings is 2. The summed E-state index contributed by atoms with van der Waals surface area (Å²) in [5, 5.41) is 5.83. The van der Waals surface area contributed by atoms with Crippen LogP contribution >= 0.6 is 22.7 Å². The fourth-order valence-electron chi connectivity index (χ4n) is 7.98. The van der Waals surface area contributed by atoms with Crippen LogP contribution in [0.5, 0.6) is 0 Å². The zero-order valence-corrected chi connectivity index (χ0v) is 32.7. The minimum absolute atomic E-state index is 0.291. The van der Waals surface area contributed by atoms with E-state index in [-0.39, 0.29) is 0 Å². The summed E-state index contributed by atoms with van der Waals surface area (Å²) >= 11 is 3.45. The second kappa shape index (κ2) is 14.1. The molecular formula is C50H32N6S2. The molecule has 0 aliphatic carbocycles. The van der Waals surface area contributed by atoms with Crippen molar-refractivity contribution in [1.29, 1.82) is 0 Å². The highest BCUT2D eigenvalue weighted by atomic mass is 32.1. The third-order valence-electron chi connectivity index (χ3n) is 10.7.